The van der Waals surface area contributed by atoms with Crippen molar-refractivity contribution in [2.45, 2.75) is 0 Å². The first-order valence-corrected chi connectivity index (χ1v) is 2.10. The zero-order valence-corrected chi connectivity index (χ0v) is 3.57. The van der Waals surface area contributed by atoms with Crippen molar-refractivity contribution in [2.24, 2.45) is 0 Å². The molecule has 0 saturated heterocycles. The molecule has 0 atom stereocenters. The first kappa shape index (κ1) is 3.63. The summed E-state index contributed by atoms with van der Waals surface area (Å²) >= 11 is 0. The third kappa shape index (κ3) is 0.697. The molecule has 0 fully saturated rings. The maximum Gasteiger partial charge on any atom is 0.288 e. The van der Waals surface area contributed by atoms with E-state index in [0.29, 0.717) is 0 Å². The van der Waals surface area contributed by atoms with Crippen LogP contribution >= 0.6 is 0 Å². The lowest BCUT2D eigenvalue weighted by Crippen LogP contribution is -2.19. The van der Waals surface area contributed by atoms with Crippen LogP contribution in [0, 0.1) is 6.07 Å². The van der Waals surface area contributed by atoms with Gasteiger partial charge >= 0.3 is 0 Å². The number of hydrogen-bond donors (Lipinski definition) is 1. The topological polar surface area (TPSA) is 16.4 Å². The van der Waals surface area contributed by atoms with Crippen LogP contribution in [0.15, 0.2) is 0 Å². The Morgan fingerprint density at radius 1 is 1.67 bits per heavy atom. The van der Waals surface area contributed by atoms with Gasteiger partial charge in [0.15, 0.2) is 0 Å². The van der Waals surface area contributed by atoms with Gasteiger partial charge in [-0.2, -0.15) is 0 Å². The molecule has 1 heterocycles. The van der Waals surface area contributed by atoms with E-state index in [1.807, 2.05) is 0 Å². The fraction of sp³-hybridized carbons (Fsp3) is 0.750. The molecule has 0 aromatic carbocycles. The summed E-state index contributed by atoms with van der Waals surface area (Å²) in [6.45, 7) is 2.76. The van der Waals surface area contributed by atoms with E-state index in [2.05, 4.69) is 16.2 Å². The molecule has 0 saturated carbocycles. The lowest BCUT2D eigenvalue weighted by molar-refractivity contribution is 0.775. The number of rotatable bonds is 0. The highest BCUT2D eigenvalue weighted by Gasteiger charge is 1.96. The Morgan fingerprint density at radius 2 is 2.67 bits per heavy atom. The fourth-order valence-electron chi connectivity index (χ4n) is 0.414. The summed E-state index contributed by atoms with van der Waals surface area (Å²) < 4.78 is 0. The molecule has 0 radical (unpaired) electrons. The van der Waals surface area contributed by atoms with E-state index >= 15 is 0 Å². The minimum atomic E-state index is 0.833. The predicted octanol–water partition coefficient (Wildman–Crippen LogP) is -0.0775. The van der Waals surface area contributed by atoms with Crippen molar-refractivity contribution in [3.8, 4) is 6.07 Å². The summed E-state index contributed by atoms with van der Waals surface area (Å²) in [6, 6.07) is 2.80. The molecule has 1 aliphatic rings. The summed E-state index contributed by atoms with van der Waals surface area (Å²) in [5.74, 6) is 0. The maximum atomic E-state index is 3.86. The molecule has 2 heteroatoms. The quantitative estimate of drug-likeness (QED) is 0.405. The molecule has 0 spiro atoms. The SMILES string of the molecule is C1#[N+]CCNC1. The first-order valence-electron chi connectivity index (χ1n) is 2.10. The van der Waals surface area contributed by atoms with Crippen molar-refractivity contribution in [1.29, 1.82) is 0 Å². The molecular formula is C4H7N2+. The van der Waals surface area contributed by atoms with Crippen molar-refractivity contribution in [2.75, 3.05) is 19.6 Å². The van der Waals surface area contributed by atoms with Crippen molar-refractivity contribution in [3.05, 3.63) is 4.85 Å². The average molecular weight is 83.1 g/mol. The van der Waals surface area contributed by atoms with E-state index < -0.39 is 0 Å². The van der Waals surface area contributed by atoms with Crippen LogP contribution < -0.4 is 5.32 Å². The maximum absolute atomic E-state index is 3.86. The minimum absolute atomic E-state index is 0.833. The van der Waals surface area contributed by atoms with Crippen LogP contribution in [0.2, 0.25) is 0 Å². The smallest absolute Gasteiger partial charge is 0.288 e. The van der Waals surface area contributed by atoms with Crippen molar-refractivity contribution < 1.29 is 0 Å². The normalized spacial score (nSPS) is 18.7. The highest BCUT2D eigenvalue weighted by Crippen LogP contribution is 1.71. The van der Waals surface area contributed by atoms with Gasteiger partial charge in [-0.15, -0.1) is 0 Å². The molecule has 0 bridgehead atoms. The van der Waals surface area contributed by atoms with Gasteiger partial charge in [0.1, 0.15) is 6.54 Å². The van der Waals surface area contributed by atoms with E-state index in [0.717, 1.165) is 19.6 Å². The van der Waals surface area contributed by atoms with Gasteiger partial charge in [0.25, 0.3) is 12.6 Å². The van der Waals surface area contributed by atoms with E-state index in [-0.39, 0.29) is 0 Å². The zero-order chi connectivity index (χ0) is 4.24. The van der Waals surface area contributed by atoms with Crippen molar-refractivity contribution >= 4 is 0 Å². The molecule has 1 N–H and O–H groups in total. The third-order valence-electron chi connectivity index (χ3n) is 0.716. The monoisotopic (exact) mass is 83.1 g/mol. The van der Waals surface area contributed by atoms with Crippen LogP contribution in [-0.2, 0) is 0 Å². The summed E-state index contributed by atoms with van der Waals surface area (Å²) in [4.78, 5) is 3.86. The Labute approximate surface area is 37.0 Å². The van der Waals surface area contributed by atoms with Gasteiger partial charge < -0.3 is 0 Å². The second-order valence-electron chi connectivity index (χ2n) is 1.22. The second kappa shape index (κ2) is 1.78. The lowest BCUT2D eigenvalue weighted by atomic mass is 10.5. The molecule has 1 aliphatic heterocycles. The molecular weight excluding hydrogens is 76.1 g/mol. The van der Waals surface area contributed by atoms with Crippen LogP contribution in [0.5, 0.6) is 0 Å². The minimum Gasteiger partial charge on any atom is -0.294 e. The van der Waals surface area contributed by atoms with Crippen molar-refractivity contribution in [1.82, 2.24) is 5.32 Å². The highest BCUT2D eigenvalue weighted by atomic mass is 14.9. The van der Waals surface area contributed by atoms with Crippen LogP contribution in [0.1, 0.15) is 0 Å². The van der Waals surface area contributed by atoms with E-state index in [1.54, 1.807) is 0 Å². The van der Waals surface area contributed by atoms with Crippen molar-refractivity contribution in [3.63, 3.8) is 0 Å². The number of hydrogen-bond acceptors (Lipinski definition) is 1. The van der Waals surface area contributed by atoms with Gasteiger partial charge in [-0.25, -0.2) is 0 Å². The molecule has 0 unspecified atom stereocenters. The number of nitrogens with zero attached hydrogens (tertiary/aromatic N) is 1. The van der Waals surface area contributed by atoms with Gasteiger partial charge in [-0.05, 0) is 0 Å². The van der Waals surface area contributed by atoms with Gasteiger partial charge in [0.2, 0.25) is 0 Å². The molecule has 2 nitrogen and oxygen atoms in total. The third-order valence-corrected chi connectivity index (χ3v) is 0.716. The summed E-state index contributed by atoms with van der Waals surface area (Å²) in [6.07, 6.45) is 0. The van der Waals surface area contributed by atoms with Crippen LogP contribution in [0.3, 0.4) is 0 Å². The molecule has 6 heavy (non-hydrogen) atoms. The van der Waals surface area contributed by atoms with Crippen LogP contribution in [-0.4, -0.2) is 19.6 Å². The Morgan fingerprint density at radius 3 is 2.83 bits per heavy atom. The van der Waals surface area contributed by atoms with E-state index in [1.165, 1.54) is 0 Å². The van der Waals surface area contributed by atoms with Gasteiger partial charge in [-0.1, -0.05) is 4.85 Å². The molecule has 0 aromatic heterocycles. The Bertz CT molecular complexity index is 77.5. The largest absolute Gasteiger partial charge is 0.294 e. The first-order chi connectivity index (χ1) is 3.00. The van der Waals surface area contributed by atoms with Crippen LogP contribution in [0.25, 0.3) is 4.85 Å². The summed E-state index contributed by atoms with van der Waals surface area (Å²) in [5, 5.41) is 3.08. The van der Waals surface area contributed by atoms with Gasteiger partial charge in [0.05, 0.1) is 6.54 Å². The van der Waals surface area contributed by atoms with E-state index in [9.17, 15) is 0 Å². The molecule has 0 aliphatic carbocycles. The zero-order valence-electron chi connectivity index (χ0n) is 3.57. The molecule has 32 valence electrons. The summed E-state index contributed by atoms with van der Waals surface area (Å²) in [5.41, 5.74) is 0. The standard InChI is InChI=1S/C4H7N2/c1-2-6-4-3-5-1/h5H,1-3H2/q+1. The Balaban J connectivity index is 2.36. The molecule has 0 amide bonds. The molecule has 1 rings (SSSR count). The Kier molecular flexibility index (Phi) is 1.08. The summed E-state index contributed by atoms with van der Waals surface area (Å²) in [7, 11) is 0. The second-order valence-corrected chi connectivity index (χ2v) is 1.22. The lowest BCUT2D eigenvalue weighted by Gasteiger charge is -1.87. The van der Waals surface area contributed by atoms with E-state index in [4.69, 9.17) is 0 Å². The highest BCUT2D eigenvalue weighted by molar-refractivity contribution is 4.93. The van der Waals surface area contributed by atoms with Gasteiger partial charge in [-0.3, -0.25) is 5.32 Å². The predicted molar refractivity (Wildman–Crippen MR) is 25.0 cm³/mol. The average Bonchev–Trinajstić information content (AvgIpc) is 1.72. The van der Waals surface area contributed by atoms with Gasteiger partial charge in [0, 0.05) is 0 Å². The number of nitrogens with one attached hydrogen (secondary N) is 1. The van der Waals surface area contributed by atoms with Crippen LogP contribution in [0.4, 0.5) is 0 Å². The fourth-order valence-corrected chi connectivity index (χ4v) is 0.414. The molecule has 0 aromatic rings. The Hall–Kier alpha value is -0.550.